The van der Waals surface area contributed by atoms with Gasteiger partial charge in [-0.2, -0.15) is 20.0 Å². The Labute approximate surface area is 252 Å². The average molecular weight is 598 g/mol. The van der Waals surface area contributed by atoms with E-state index in [9.17, 15) is 9.59 Å². The molecule has 0 saturated heterocycles. The monoisotopic (exact) mass is 597 g/mol. The molecule has 1 atom stereocenters. The molecule has 0 spiro atoms. The molecule has 5 aromatic rings. The van der Waals surface area contributed by atoms with Gasteiger partial charge in [0.25, 0.3) is 0 Å². The van der Waals surface area contributed by atoms with Crippen molar-refractivity contribution < 1.29 is 14.3 Å². The van der Waals surface area contributed by atoms with Crippen LogP contribution in [0.4, 0.5) is 0 Å². The molecule has 0 aliphatic rings. The lowest BCUT2D eigenvalue weighted by Crippen LogP contribution is -2.29. The van der Waals surface area contributed by atoms with Crippen LogP contribution in [-0.2, 0) is 33.7 Å². The van der Waals surface area contributed by atoms with E-state index in [0.717, 1.165) is 28.9 Å². The molecule has 1 N–H and O–H groups in total. The average Bonchev–Trinajstić information content (AvgIpc) is 3.73. The van der Waals surface area contributed by atoms with Crippen LogP contribution in [0.25, 0.3) is 22.9 Å². The molecular weight excluding hydrogens is 570 g/mol. The maximum atomic E-state index is 13.3. The summed E-state index contributed by atoms with van der Waals surface area (Å²) in [5.74, 6) is -0.650. The van der Waals surface area contributed by atoms with Crippen LogP contribution in [0.2, 0.25) is 5.02 Å². The van der Waals surface area contributed by atoms with E-state index >= 15 is 0 Å². The molecule has 0 bridgehead atoms. The molecule has 3 heterocycles. The Balaban J connectivity index is 1.40. The van der Waals surface area contributed by atoms with Crippen LogP contribution < -0.4 is 5.32 Å². The molecular formula is C30H28ClN9O3. The van der Waals surface area contributed by atoms with E-state index in [2.05, 4.69) is 36.1 Å². The third-order valence-corrected chi connectivity index (χ3v) is 6.88. The number of benzene rings is 2. The Morgan fingerprint density at radius 2 is 1.91 bits per heavy atom. The van der Waals surface area contributed by atoms with E-state index in [-0.39, 0.29) is 18.3 Å². The zero-order valence-electron chi connectivity index (χ0n) is 23.5. The molecule has 12 nitrogen and oxygen atoms in total. The second-order valence-electron chi connectivity index (χ2n) is 9.54. The Kier molecular flexibility index (Phi) is 9.27. The first-order valence-electron chi connectivity index (χ1n) is 13.4. The summed E-state index contributed by atoms with van der Waals surface area (Å²) in [5.41, 5.74) is 5.23. The molecule has 0 aliphatic carbocycles. The van der Waals surface area contributed by atoms with Crippen molar-refractivity contribution in [3.63, 3.8) is 0 Å². The van der Waals surface area contributed by atoms with Gasteiger partial charge in [-0.1, -0.05) is 35.9 Å². The Morgan fingerprint density at radius 3 is 2.63 bits per heavy atom. The van der Waals surface area contributed by atoms with Gasteiger partial charge in [-0.3, -0.25) is 14.3 Å². The molecule has 0 aliphatic heterocycles. The van der Waals surface area contributed by atoms with Crippen molar-refractivity contribution >= 4 is 29.6 Å². The number of halogens is 1. The number of hydrogen-bond acceptors (Lipinski definition) is 9. The zero-order chi connectivity index (χ0) is 30.2. The lowest BCUT2D eigenvalue weighted by atomic mass is 10.0. The normalized spacial score (nSPS) is 11.9. The number of ether oxygens (including phenoxy) is 1. The molecule has 3 aromatic heterocycles. The van der Waals surface area contributed by atoms with Crippen molar-refractivity contribution in [3.05, 3.63) is 107 Å². The van der Waals surface area contributed by atoms with E-state index in [1.807, 2.05) is 54.2 Å². The number of rotatable bonds is 11. The van der Waals surface area contributed by atoms with Gasteiger partial charge in [0.2, 0.25) is 5.91 Å². The number of esters is 1. The maximum absolute atomic E-state index is 13.3. The minimum atomic E-state index is -0.526. The summed E-state index contributed by atoms with van der Waals surface area (Å²) in [4.78, 5) is 24.9. The standard InChI is InChI=1S/C30H28ClN9O3/c1-3-39-13-12-25(36-39)17-26(27-16-23(18-32-35-27)21-6-4-20(5-7-21)14-30(42)43-2)34-29(41)11-8-22-15-24(31)9-10-28(22)40-19-33-37-38-40/h4-13,15-16,18-19,26H,3,14,17H2,1-2H3,(H,34,41)/b11-8+/t26-/m0/s1. The van der Waals surface area contributed by atoms with Crippen LogP contribution in [0.15, 0.2) is 79.4 Å². The number of methoxy groups -OCH3 is 1. The van der Waals surface area contributed by atoms with Gasteiger partial charge >= 0.3 is 5.97 Å². The predicted molar refractivity (Wildman–Crippen MR) is 159 cm³/mol. The van der Waals surface area contributed by atoms with Crippen LogP contribution in [0.5, 0.6) is 0 Å². The van der Waals surface area contributed by atoms with Gasteiger partial charge in [-0.15, -0.1) is 5.10 Å². The Hall–Kier alpha value is -5.23. The molecule has 5 rings (SSSR count). The van der Waals surface area contributed by atoms with Gasteiger partial charge in [0.15, 0.2) is 0 Å². The number of carbonyl (C=O) groups is 2. The first kappa shape index (κ1) is 29.3. The maximum Gasteiger partial charge on any atom is 0.309 e. The number of amides is 1. The molecule has 218 valence electrons. The third kappa shape index (κ3) is 7.54. The zero-order valence-corrected chi connectivity index (χ0v) is 24.2. The number of aromatic nitrogens is 8. The number of tetrazole rings is 1. The summed E-state index contributed by atoms with van der Waals surface area (Å²) < 4.78 is 8.07. The summed E-state index contributed by atoms with van der Waals surface area (Å²) >= 11 is 6.22. The molecule has 43 heavy (non-hydrogen) atoms. The van der Waals surface area contributed by atoms with Crippen molar-refractivity contribution in [2.24, 2.45) is 0 Å². The number of nitrogens with one attached hydrogen (secondary N) is 1. The molecule has 2 aromatic carbocycles. The summed E-state index contributed by atoms with van der Waals surface area (Å²) in [6.45, 7) is 2.73. The highest BCUT2D eigenvalue weighted by Crippen LogP contribution is 2.24. The van der Waals surface area contributed by atoms with Gasteiger partial charge in [-0.05, 0) is 64.9 Å². The van der Waals surface area contributed by atoms with Crippen molar-refractivity contribution in [2.45, 2.75) is 32.4 Å². The summed E-state index contributed by atoms with van der Waals surface area (Å²) in [6.07, 6.45) is 8.68. The minimum Gasteiger partial charge on any atom is -0.469 e. The molecule has 0 unspecified atom stereocenters. The largest absolute Gasteiger partial charge is 0.469 e. The van der Waals surface area contributed by atoms with Crippen LogP contribution in [0.3, 0.4) is 0 Å². The molecule has 0 radical (unpaired) electrons. The van der Waals surface area contributed by atoms with Gasteiger partial charge in [-0.25, -0.2) is 0 Å². The highest BCUT2D eigenvalue weighted by atomic mass is 35.5. The second kappa shape index (κ2) is 13.6. The lowest BCUT2D eigenvalue weighted by Gasteiger charge is -2.17. The topological polar surface area (TPSA) is 143 Å². The highest BCUT2D eigenvalue weighted by molar-refractivity contribution is 6.30. The fraction of sp³-hybridized carbons (Fsp3) is 0.200. The molecule has 1 amide bonds. The second-order valence-corrected chi connectivity index (χ2v) is 9.97. The van der Waals surface area contributed by atoms with Crippen molar-refractivity contribution in [2.75, 3.05) is 7.11 Å². The fourth-order valence-corrected chi connectivity index (χ4v) is 4.60. The minimum absolute atomic E-state index is 0.190. The van der Waals surface area contributed by atoms with E-state index in [1.54, 1.807) is 30.5 Å². The van der Waals surface area contributed by atoms with Crippen molar-refractivity contribution in [1.29, 1.82) is 0 Å². The smallest absolute Gasteiger partial charge is 0.309 e. The van der Waals surface area contributed by atoms with Gasteiger partial charge in [0.05, 0.1) is 42.8 Å². The van der Waals surface area contributed by atoms with Crippen LogP contribution >= 0.6 is 11.6 Å². The van der Waals surface area contributed by atoms with Crippen LogP contribution in [0.1, 0.15) is 35.5 Å². The van der Waals surface area contributed by atoms with E-state index < -0.39 is 6.04 Å². The summed E-state index contributed by atoms with van der Waals surface area (Å²) in [7, 11) is 1.36. The first-order valence-corrected chi connectivity index (χ1v) is 13.8. The Morgan fingerprint density at radius 1 is 1.07 bits per heavy atom. The SMILES string of the molecule is CCn1ccc(C[C@H](NC(=O)/C=C/c2cc(Cl)ccc2-n2cnnn2)c2cc(-c3ccc(CC(=O)OC)cc3)cnn2)n1. The van der Waals surface area contributed by atoms with E-state index in [1.165, 1.54) is 24.2 Å². The molecule has 13 heteroatoms. The van der Waals surface area contributed by atoms with Crippen LogP contribution in [-0.4, -0.2) is 59.2 Å². The molecule has 0 fully saturated rings. The summed E-state index contributed by atoms with van der Waals surface area (Å²) in [6, 6.07) is 16.1. The van der Waals surface area contributed by atoms with Gasteiger partial charge in [0, 0.05) is 41.4 Å². The first-order chi connectivity index (χ1) is 20.9. The quantitative estimate of drug-likeness (QED) is 0.177. The Bertz CT molecular complexity index is 1730. The number of hydrogen-bond donors (Lipinski definition) is 1. The fourth-order valence-electron chi connectivity index (χ4n) is 4.42. The van der Waals surface area contributed by atoms with Crippen molar-refractivity contribution in [1.82, 2.24) is 45.5 Å². The third-order valence-electron chi connectivity index (χ3n) is 6.64. The van der Waals surface area contributed by atoms with E-state index in [0.29, 0.717) is 28.4 Å². The molecule has 0 saturated carbocycles. The highest BCUT2D eigenvalue weighted by Gasteiger charge is 2.19. The van der Waals surface area contributed by atoms with Gasteiger partial charge < -0.3 is 10.1 Å². The predicted octanol–water partition coefficient (Wildman–Crippen LogP) is 3.82. The van der Waals surface area contributed by atoms with E-state index in [4.69, 9.17) is 16.3 Å². The number of nitrogens with zero attached hydrogens (tertiary/aromatic N) is 8. The van der Waals surface area contributed by atoms with Gasteiger partial charge in [0.1, 0.15) is 6.33 Å². The number of aryl methyl sites for hydroxylation is 1. The number of carbonyl (C=O) groups excluding carboxylic acids is 2. The van der Waals surface area contributed by atoms with Crippen molar-refractivity contribution in [3.8, 4) is 16.8 Å². The lowest BCUT2D eigenvalue weighted by molar-refractivity contribution is -0.139. The van der Waals surface area contributed by atoms with Crippen LogP contribution in [0, 0.1) is 0 Å². The summed E-state index contributed by atoms with van der Waals surface area (Å²) in [5, 5.41) is 28.0.